The Bertz CT molecular complexity index is 231. The van der Waals surface area contributed by atoms with Crippen molar-refractivity contribution in [2.24, 2.45) is 0 Å². The van der Waals surface area contributed by atoms with Crippen LogP contribution in [0.3, 0.4) is 0 Å². The van der Waals surface area contributed by atoms with Gasteiger partial charge in [0, 0.05) is 6.61 Å². The van der Waals surface area contributed by atoms with Gasteiger partial charge in [0.1, 0.15) is 5.54 Å². The molecule has 0 saturated heterocycles. The molecule has 0 spiro atoms. The fourth-order valence-corrected chi connectivity index (χ4v) is 1.79. The van der Waals surface area contributed by atoms with Crippen LogP contribution < -0.4 is 5.32 Å². The van der Waals surface area contributed by atoms with Gasteiger partial charge in [-0.25, -0.2) is 0 Å². The van der Waals surface area contributed by atoms with Crippen molar-refractivity contribution in [3.63, 3.8) is 0 Å². The van der Waals surface area contributed by atoms with Crippen molar-refractivity contribution in [1.82, 2.24) is 5.32 Å². The molecule has 1 atom stereocenters. The first-order chi connectivity index (χ1) is 8.46. The highest BCUT2D eigenvalue weighted by molar-refractivity contribution is 5.80. The Morgan fingerprint density at radius 1 is 1.33 bits per heavy atom. The first-order valence-electron chi connectivity index (χ1n) is 6.91. The zero-order valence-corrected chi connectivity index (χ0v) is 12.5. The van der Waals surface area contributed by atoms with Gasteiger partial charge < -0.3 is 14.8 Å². The van der Waals surface area contributed by atoms with E-state index in [9.17, 15) is 4.79 Å². The van der Waals surface area contributed by atoms with Gasteiger partial charge in [-0.3, -0.25) is 4.79 Å². The number of ether oxygens (including phenoxy) is 2. The lowest BCUT2D eigenvalue weighted by molar-refractivity contribution is -0.148. The van der Waals surface area contributed by atoms with Crippen molar-refractivity contribution in [1.29, 1.82) is 0 Å². The number of hydrogen-bond donors (Lipinski definition) is 1. The lowest BCUT2D eigenvalue weighted by atomic mass is 9.94. The third kappa shape index (κ3) is 6.97. The van der Waals surface area contributed by atoms with E-state index in [1.54, 1.807) is 0 Å². The summed E-state index contributed by atoms with van der Waals surface area (Å²) in [6.07, 6.45) is 3.98. The summed E-state index contributed by atoms with van der Waals surface area (Å²) in [4.78, 5) is 11.8. The maximum atomic E-state index is 11.8. The van der Waals surface area contributed by atoms with Crippen molar-refractivity contribution in [2.45, 2.75) is 65.0 Å². The molecule has 1 N–H and O–H groups in total. The predicted molar refractivity (Wildman–Crippen MR) is 73.7 cm³/mol. The lowest BCUT2D eigenvalue weighted by Gasteiger charge is -2.28. The van der Waals surface area contributed by atoms with Crippen LogP contribution >= 0.6 is 0 Å². The molecule has 0 saturated carbocycles. The Kier molecular flexibility index (Phi) is 9.02. The molecular weight excluding hydrogens is 230 g/mol. The molecule has 0 fully saturated rings. The van der Waals surface area contributed by atoms with Crippen LogP contribution in [0.15, 0.2) is 0 Å². The van der Waals surface area contributed by atoms with Crippen molar-refractivity contribution < 1.29 is 14.3 Å². The quantitative estimate of drug-likeness (QED) is 0.484. The molecule has 0 aliphatic heterocycles. The van der Waals surface area contributed by atoms with E-state index in [0.717, 1.165) is 38.8 Å². The fraction of sp³-hybridized carbons (Fsp3) is 0.929. The monoisotopic (exact) mass is 259 g/mol. The van der Waals surface area contributed by atoms with Gasteiger partial charge in [-0.1, -0.05) is 6.92 Å². The maximum absolute atomic E-state index is 11.8. The predicted octanol–water partition coefficient (Wildman–Crippen LogP) is 2.51. The summed E-state index contributed by atoms with van der Waals surface area (Å²) < 4.78 is 10.4. The topological polar surface area (TPSA) is 47.6 Å². The first-order valence-corrected chi connectivity index (χ1v) is 6.91. The first kappa shape index (κ1) is 17.4. The van der Waals surface area contributed by atoms with Crippen LogP contribution in [0.2, 0.25) is 0 Å². The molecule has 0 heterocycles. The van der Waals surface area contributed by atoms with Gasteiger partial charge in [0.2, 0.25) is 0 Å². The van der Waals surface area contributed by atoms with E-state index in [4.69, 9.17) is 9.47 Å². The largest absolute Gasteiger partial charge is 0.468 e. The summed E-state index contributed by atoms with van der Waals surface area (Å²) in [7, 11) is 1.44. The molecule has 1 unspecified atom stereocenters. The highest BCUT2D eigenvalue weighted by atomic mass is 16.5. The standard InChI is InChI=1S/C14H29NO3/c1-6-10-15-14(4,13(16)17-5)9-7-8-11-18-12(2)3/h12,15H,6-11H2,1-5H3. The fourth-order valence-electron chi connectivity index (χ4n) is 1.79. The van der Waals surface area contributed by atoms with E-state index in [2.05, 4.69) is 12.2 Å². The highest BCUT2D eigenvalue weighted by Gasteiger charge is 2.32. The Balaban J connectivity index is 4.05. The van der Waals surface area contributed by atoms with Crippen molar-refractivity contribution in [3.8, 4) is 0 Å². The second kappa shape index (κ2) is 9.34. The van der Waals surface area contributed by atoms with Gasteiger partial charge in [-0.2, -0.15) is 0 Å². The van der Waals surface area contributed by atoms with Gasteiger partial charge in [-0.05, 0) is 53.0 Å². The molecule has 0 radical (unpaired) electrons. The number of nitrogens with one attached hydrogen (secondary N) is 1. The van der Waals surface area contributed by atoms with Crippen molar-refractivity contribution >= 4 is 5.97 Å². The number of carbonyl (C=O) groups is 1. The zero-order chi connectivity index (χ0) is 14.0. The molecule has 0 rings (SSSR count). The minimum absolute atomic E-state index is 0.180. The Hall–Kier alpha value is -0.610. The van der Waals surface area contributed by atoms with E-state index in [-0.39, 0.29) is 12.1 Å². The molecule has 4 nitrogen and oxygen atoms in total. The Morgan fingerprint density at radius 2 is 2.00 bits per heavy atom. The van der Waals surface area contributed by atoms with E-state index in [1.165, 1.54) is 7.11 Å². The number of methoxy groups -OCH3 is 1. The normalized spacial score (nSPS) is 14.6. The maximum Gasteiger partial charge on any atom is 0.325 e. The van der Waals surface area contributed by atoms with Gasteiger partial charge in [0.15, 0.2) is 0 Å². The Labute approximate surface area is 111 Å². The van der Waals surface area contributed by atoms with Crippen LogP contribution in [-0.4, -0.2) is 37.9 Å². The number of rotatable bonds is 10. The van der Waals surface area contributed by atoms with Crippen molar-refractivity contribution in [3.05, 3.63) is 0 Å². The molecular formula is C14H29NO3. The minimum Gasteiger partial charge on any atom is -0.468 e. The van der Waals surface area contributed by atoms with E-state index < -0.39 is 5.54 Å². The average molecular weight is 259 g/mol. The highest BCUT2D eigenvalue weighted by Crippen LogP contribution is 2.16. The molecule has 0 amide bonds. The Morgan fingerprint density at radius 3 is 2.50 bits per heavy atom. The summed E-state index contributed by atoms with van der Waals surface area (Å²) in [5.41, 5.74) is -0.567. The SMILES string of the molecule is CCCNC(C)(CCCCOC(C)C)C(=O)OC. The van der Waals surface area contributed by atoms with Crippen LogP contribution in [0.4, 0.5) is 0 Å². The number of carbonyl (C=O) groups excluding carboxylic acids is 1. The number of esters is 1. The summed E-state index contributed by atoms with van der Waals surface area (Å²) in [6, 6.07) is 0. The van der Waals surface area contributed by atoms with Crippen LogP contribution in [-0.2, 0) is 14.3 Å². The number of unbranched alkanes of at least 4 members (excludes halogenated alkanes) is 1. The zero-order valence-electron chi connectivity index (χ0n) is 12.5. The van der Waals surface area contributed by atoms with E-state index >= 15 is 0 Å². The molecule has 4 heteroatoms. The molecule has 0 aliphatic rings. The average Bonchev–Trinajstić information content (AvgIpc) is 2.34. The minimum atomic E-state index is -0.567. The second-order valence-electron chi connectivity index (χ2n) is 5.13. The van der Waals surface area contributed by atoms with E-state index in [1.807, 2.05) is 20.8 Å². The summed E-state index contributed by atoms with van der Waals surface area (Å²) in [6.45, 7) is 9.64. The molecule has 0 aromatic carbocycles. The van der Waals surface area contributed by atoms with Gasteiger partial charge in [0.25, 0.3) is 0 Å². The molecule has 108 valence electrons. The molecule has 0 aromatic rings. The number of hydrogen-bond acceptors (Lipinski definition) is 4. The van der Waals surface area contributed by atoms with Gasteiger partial charge in [0.05, 0.1) is 13.2 Å². The van der Waals surface area contributed by atoms with Crippen LogP contribution in [0, 0.1) is 0 Å². The van der Waals surface area contributed by atoms with E-state index in [0.29, 0.717) is 0 Å². The molecule has 0 aromatic heterocycles. The summed E-state index contributed by atoms with van der Waals surface area (Å²) in [5, 5.41) is 3.28. The molecule has 0 bridgehead atoms. The molecule has 0 aliphatic carbocycles. The van der Waals surface area contributed by atoms with Gasteiger partial charge in [-0.15, -0.1) is 0 Å². The van der Waals surface area contributed by atoms with Crippen LogP contribution in [0.5, 0.6) is 0 Å². The summed E-state index contributed by atoms with van der Waals surface area (Å²) >= 11 is 0. The smallest absolute Gasteiger partial charge is 0.325 e. The molecule has 18 heavy (non-hydrogen) atoms. The summed E-state index contributed by atoms with van der Waals surface area (Å²) in [5.74, 6) is -0.180. The van der Waals surface area contributed by atoms with Gasteiger partial charge >= 0.3 is 5.97 Å². The van der Waals surface area contributed by atoms with Crippen LogP contribution in [0.1, 0.15) is 53.4 Å². The van der Waals surface area contributed by atoms with Crippen molar-refractivity contribution in [2.75, 3.05) is 20.3 Å². The third-order valence-electron chi connectivity index (χ3n) is 2.92. The third-order valence-corrected chi connectivity index (χ3v) is 2.92. The van der Waals surface area contributed by atoms with Crippen LogP contribution in [0.25, 0.3) is 0 Å². The lowest BCUT2D eigenvalue weighted by Crippen LogP contribution is -2.50. The second-order valence-corrected chi connectivity index (χ2v) is 5.13.